The summed E-state index contributed by atoms with van der Waals surface area (Å²) in [4.78, 5) is 13.7. The Labute approximate surface area is 174 Å². The third kappa shape index (κ3) is 3.61. The highest BCUT2D eigenvalue weighted by Crippen LogP contribution is 2.26. The molecule has 0 saturated carbocycles. The van der Waals surface area contributed by atoms with Crippen molar-refractivity contribution in [3.8, 4) is 17.5 Å². The number of piperazine rings is 1. The lowest BCUT2D eigenvalue weighted by molar-refractivity contribution is 0.240. The van der Waals surface area contributed by atoms with Gasteiger partial charge in [-0.15, -0.1) is 0 Å². The van der Waals surface area contributed by atoms with E-state index >= 15 is 0 Å². The zero-order valence-corrected chi connectivity index (χ0v) is 16.4. The molecule has 3 heterocycles. The van der Waals surface area contributed by atoms with Gasteiger partial charge in [-0.25, -0.2) is 0 Å². The molecule has 0 atom stereocenters. The van der Waals surface area contributed by atoms with Gasteiger partial charge in [0.1, 0.15) is 0 Å². The number of nitrogens with zero attached hydrogens (tertiary/aromatic N) is 6. The molecule has 2 aromatic heterocycles. The third-order valence-corrected chi connectivity index (χ3v) is 5.43. The minimum absolute atomic E-state index is 0.483. The number of pyridine rings is 1. The predicted octanol–water partition coefficient (Wildman–Crippen LogP) is 3.48. The van der Waals surface area contributed by atoms with E-state index < -0.39 is 0 Å². The van der Waals surface area contributed by atoms with E-state index in [1.54, 1.807) is 12.1 Å². The van der Waals surface area contributed by atoms with Gasteiger partial charge < -0.3 is 9.42 Å². The maximum Gasteiger partial charge on any atom is 0.257 e. The van der Waals surface area contributed by atoms with Crippen LogP contribution < -0.4 is 4.90 Å². The summed E-state index contributed by atoms with van der Waals surface area (Å²) in [6.45, 7) is 4.39. The van der Waals surface area contributed by atoms with Crippen molar-refractivity contribution < 1.29 is 4.52 Å². The monoisotopic (exact) mass is 396 g/mol. The van der Waals surface area contributed by atoms with Crippen LogP contribution in [0.25, 0.3) is 22.4 Å². The Morgan fingerprint density at radius 1 is 0.967 bits per heavy atom. The summed E-state index contributed by atoms with van der Waals surface area (Å²) in [6.07, 6.45) is 1.88. The van der Waals surface area contributed by atoms with E-state index in [0.717, 1.165) is 37.3 Å². The van der Waals surface area contributed by atoms with Crippen molar-refractivity contribution in [3.05, 3.63) is 72.2 Å². The second-order valence-electron chi connectivity index (χ2n) is 7.32. The van der Waals surface area contributed by atoms with Crippen LogP contribution in [0.5, 0.6) is 0 Å². The van der Waals surface area contributed by atoms with Gasteiger partial charge in [0.2, 0.25) is 0 Å². The van der Waals surface area contributed by atoms with Crippen LogP contribution in [0.4, 0.5) is 5.69 Å². The van der Waals surface area contributed by atoms with Gasteiger partial charge in [0.25, 0.3) is 5.89 Å². The van der Waals surface area contributed by atoms with Crippen LogP contribution in [0.2, 0.25) is 0 Å². The number of para-hydroxylation sites is 1. The molecule has 1 aliphatic heterocycles. The summed E-state index contributed by atoms with van der Waals surface area (Å²) in [6, 6.07) is 19.6. The van der Waals surface area contributed by atoms with Crippen molar-refractivity contribution in [2.24, 2.45) is 0 Å². The van der Waals surface area contributed by atoms with Gasteiger partial charge in [-0.05, 0) is 36.4 Å². The zero-order chi connectivity index (χ0) is 20.3. The molecular formula is C23H20N6O. The molecule has 30 heavy (non-hydrogen) atoms. The first-order chi connectivity index (χ1) is 14.8. The maximum absolute atomic E-state index is 8.92. The Bertz CT molecular complexity index is 1200. The van der Waals surface area contributed by atoms with E-state index in [1.165, 1.54) is 11.1 Å². The lowest BCUT2D eigenvalue weighted by Crippen LogP contribution is -2.46. The van der Waals surface area contributed by atoms with E-state index in [0.29, 0.717) is 23.8 Å². The zero-order valence-electron chi connectivity index (χ0n) is 16.4. The Morgan fingerprint density at radius 3 is 2.57 bits per heavy atom. The van der Waals surface area contributed by atoms with Crippen LogP contribution in [-0.4, -0.2) is 46.2 Å². The first-order valence-corrected chi connectivity index (χ1v) is 9.94. The third-order valence-electron chi connectivity index (χ3n) is 5.43. The van der Waals surface area contributed by atoms with Gasteiger partial charge in [0.05, 0.1) is 23.7 Å². The Kier molecular flexibility index (Phi) is 4.83. The van der Waals surface area contributed by atoms with Crippen LogP contribution >= 0.6 is 0 Å². The minimum Gasteiger partial charge on any atom is -0.368 e. The second kappa shape index (κ2) is 7.93. The summed E-state index contributed by atoms with van der Waals surface area (Å²) < 4.78 is 5.42. The smallest absolute Gasteiger partial charge is 0.257 e. The maximum atomic E-state index is 8.92. The second-order valence-corrected chi connectivity index (χ2v) is 7.32. The molecule has 1 saturated heterocycles. The molecule has 1 fully saturated rings. The van der Waals surface area contributed by atoms with Crippen molar-refractivity contribution in [2.45, 2.75) is 6.54 Å². The summed E-state index contributed by atoms with van der Waals surface area (Å²) in [5.74, 6) is 1.16. The first-order valence-electron chi connectivity index (χ1n) is 9.94. The van der Waals surface area contributed by atoms with E-state index in [2.05, 4.69) is 55.3 Å². The van der Waals surface area contributed by atoms with Gasteiger partial charge in [0.15, 0.2) is 5.82 Å². The molecule has 1 aliphatic rings. The molecule has 0 amide bonds. The number of hydrogen-bond donors (Lipinski definition) is 0. The molecule has 148 valence electrons. The minimum atomic E-state index is 0.483. The molecule has 5 rings (SSSR count). The van der Waals surface area contributed by atoms with Crippen LogP contribution in [0.3, 0.4) is 0 Å². The lowest BCUT2D eigenvalue weighted by atomic mass is 10.1. The number of nitriles is 1. The molecule has 7 nitrogen and oxygen atoms in total. The highest BCUT2D eigenvalue weighted by molar-refractivity contribution is 5.91. The molecule has 0 aliphatic carbocycles. The van der Waals surface area contributed by atoms with Crippen molar-refractivity contribution in [1.82, 2.24) is 20.0 Å². The Morgan fingerprint density at radius 2 is 1.77 bits per heavy atom. The fourth-order valence-corrected chi connectivity index (χ4v) is 3.83. The molecule has 4 aromatic rings. The topological polar surface area (TPSA) is 82.1 Å². The molecule has 0 unspecified atom stereocenters. The summed E-state index contributed by atoms with van der Waals surface area (Å²) in [5, 5.41) is 14.2. The number of rotatable bonds is 4. The van der Waals surface area contributed by atoms with Crippen molar-refractivity contribution in [2.75, 3.05) is 31.1 Å². The van der Waals surface area contributed by atoms with Crippen LogP contribution in [0.15, 0.2) is 65.3 Å². The average molecular weight is 396 g/mol. The van der Waals surface area contributed by atoms with E-state index in [4.69, 9.17) is 9.78 Å². The van der Waals surface area contributed by atoms with E-state index in [-0.39, 0.29) is 0 Å². The molecular weight excluding hydrogens is 376 g/mol. The van der Waals surface area contributed by atoms with Crippen molar-refractivity contribution in [1.29, 1.82) is 5.26 Å². The summed E-state index contributed by atoms with van der Waals surface area (Å²) >= 11 is 0. The number of anilines is 1. The van der Waals surface area contributed by atoms with Crippen LogP contribution in [-0.2, 0) is 6.54 Å². The van der Waals surface area contributed by atoms with Crippen molar-refractivity contribution >= 4 is 16.6 Å². The molecule has 0 radical (unpaired) electrons. The highest BCUT2D eigenvalue weighted by atomic mass is 16.5. The first kappa shape index (κ1) is 18.3. The Balaban J connectivity index is 1.23. The van der Waals surface area contributed by atoms with Crippen molar-refractivity contribution in [3.63, 3.8) is 0 Å². The normalized spacial score (nSPS) is 14.7. The SMILES string of the molecule is N#Cc1ccc(-c2nc(CN3CCN(c4ccnc5ccccc45)CC3)no2)cc1. The number of fused-ring (bicyclic) bond motifs is 1. The van der Waals surface area contributed by atoms with Gasteiger partial charge in [-0.1, -0.05) is 23.4 Å². The Hall–Kier alpha value is -3.76. The van der Waals surface area contributed by atoms with Gasteiger partial charge in [0, 0.05) is 49.0 Å². The molecule has 2 aromatic carbocycles. The fraction of sp³-hybridized carbons (Fsp3) is 0.217. The van der Waals surface area contributed by atoms with Crippen LogP contribution in [0, 0.1) is 11.3 Å². The summed E-state index contributed by atoms with van der Waals surface area (Å²) in [5.41, 5.74) is 3.70. The standard InChI is InChI=1S/C23H20N6O/c24-15-17-5-7-18(8-6-17)23-26-22(27-30-23)16-28-11-13-29(14-12-28)21-9-10-25-20-4-2-1-3-19(20)21/h1-10H,11-14,16H2. The average Bonchev–Trinajstić information content (AvgIpc) is 3.28. The highest BCUT2D eigenvalue weighted by Gasteiger charge is 2.20. The number of aromatic nitrogens is 3. The summed E-state index contributed by atoms with van der Waals surface area (Å²) in [7, 11) is 0. The largest absolute Gasteiger partial charge is 0.368 e. The van der Waals surface area contributed by atoms with E-state index in [9.17, 15) is 0 Å². The van der Waals surface area contributed by atoms with E-state index in [1.807, 2.05) is 24.4 Å². The molecule has 0 spiro atoms. The van der Waals surface area contributed by atoms with Gasteiger partial charge in [-0.3, -0.25) is 9.88 Å². The quantitative estimate of drug-likeness (QED) is 0.522. The lowest BCUT2D eigenvalue weighted by Gasteiger charge is -2.36. The molecule has 0 N–H and O–H groups in total. The predicted molar refractivity (Wildman–Crippen MR) is 114 cm³/mol. The number of hydrogen-bond acceptors (Lipinski definition) is 7. The van der Waals surface area contributed by atoms with Crippen LogP contribution in [0.1, 0.15) is 11.4 Å². The van der Waals surface area contributed by atoms with Gasteiger partial charge >= 0.3 is 0 Å². The fourth-order valence-electron chi connectivity index (χ4n) is 3.83. The number of benzene rings is 2. The van der Waals surface area contributed by atoms with Gasteiger partial charge in [-0.2, -0.15) is 10.2 Å². The molecule has 7 heteroatoms. The molecule has 0 bridgehead atoms.